The molecular weight excluding hydrogens is 442 g/mol. The molecule has 0 radical (unpaired) electrons. The third-order valence-electron chi connectivity index (χ3n) is 5.15. The molecule has 3 rings (SSSR count). The first-order valence-electron chi connectivity index (χ1n) is 10.8. The molecule has 176 valence electrons. The van der Waals surface area contributed by atoms with Crippen LogP contribution in [0.25, 0.3) is 10.8 Å². The number of carboxylic acid groups (broad SMARTS) is 1. The van der Waals surface area contributed by atoms with Gasteiger partial charge in [-0.15, -0.1) is 0 Å². The minimum atomic E-state index is -3.67. The molecule has 0 unspecified atom stereocenters. The molecule has 0 saturated carbocycles. The molecule has 0 aliphatic rings. The largest absolute Gasteiger partial charge is 0.492 e. The van der Waals surface area contributed by atoms with Gasteiger partial charge in [0.05, 0.1) is 4.90 Å². The second-order valence-corrected chi connectivity index (χ2v) is 10.1. The van der Waals surface area contributed by atoms with Crippen molar-refractivity contribution in [1.29, 1.82) is 0 Å². The first-order chi connectivity index (χ1) is 15.6. The average Bonchev–Trinajstić information content (AvgIpc) is 2.79. The van der Waals surface area contributed by atoms with E-state index in [2.05, 4.69) is 0 Å². The minimum absolute atomic E-state index is 0.174. The van der Waals surface area contributed by atoms with Crippen molar-refractivity contribution in [2.75, 3.05) is 19.7 Å². The SMILES string of the molecule is CCCN(CCOc1ccc(OC(C)(C)C(=O)O)cc1)S(=O)(=O)c1ccc2ccccc2c1. The van der Waals surface area contributed by atoms with Gasteiger partial charge in [0, 0.05) is 13.1 Å². The lowest BCUT2D eigenvalue weighted by molar-refractivity contribution is -0.152. The molecule has 0 atom stereocenters. The summed E-state index contributed by atoms with van der Waals surface area (Å²) >= 11 is 0. The highest BCUT2D eigenvalue weighted by Gasteiger charge is 2.29. The molecule has 0 saturated heterocycles. The smallest absolute Gasteiger partial charge is 0.347 e. The van der Waals surface area contributed by atoms with Crippen LogP contribution < -0.4 is 9.47 Å². The van der Waals surface area contributed by atoms with Gasteiger partial charge in [-0.25, -0.2) is 13.2 Å². The third-order valence-corrected chi connectivity index (χ3v) is 7.05. The van der Waals surface area contributed by atoms with Crippen LogP contribution in [0.1, 0.15) is 27.2 Å². The van der Waals surface area contributed by atoms with Crippen LogP contribution >= 0.6 is 0 Å². The summed E-state index contributed by atoms with van der Waals surface area (Å²) in [6, 6.07) is 19.4. The predicted octanol–water partition coefficient (Wildman–Crippen LogP) is 4.56. The minimum Gasteiger partial charge on any atom is -0.492 e. The molecule has 0 aliphatic heterocycles. The summed E-state index contributed by atoms with van der Waals surface area (Å²) in [6.45, 7) is 5.63. The van der Waals surface area contributed by atoms with Gasteiger partial charge in [-0.2, -0.15) is 4.31 Å². The Hall–Kier alpha value is -3.10. The van der Waals surface area contributed by atoms with Gasteiger partial charge in [0.1, 0.15) is 18.1 Å². The monoisotopic (exact) mass is 471 g/mol. The van der Waals surface area contributed by atoms with Crippen molar-refractivity contribution in [3.63, 3.8) is 0 Å². The van der Waals surface area contributed by atoms with Crippen molar-refractivity contribution in [2.45, 2.75) is 37.7 Å². The fourth-order valence-corrected chi connectivity index (χ4v) is 4.84. The molecule has 0 spiro atoms. The zero-order chi connectivity index (χ0) is 24.1. The molecular formula is C25H29NO6S. The zero-order valence-electron chi connectivity index (χ0n) is 19.0. The molecule has 0 aliphatic carbocycles. The maximum atomic E-state index is 13.2. The topological polar surface area (TPSA) is 93.1 Å². The summed E-state index contributed by atoms with van der Waals surface area (Å²) in [5, 5.41) is 11.0. The molecule has 0 fully saturated rings. The molecule has 7 nitrogen and oxygen atoms in total. The molecule has 0 heterocycles. The molecule has 33 heavy (non-hydrogen) atoms. The third kappa shape index (κ3) is 6.03. The van der Waals surface area contributed by atoms with Crippen molar-refractivity contribution in [3.05, 3.63) is 66.7 Å². The quantitative estimate of drug-likeness (QED) is 0.441. The zero-order valence-corrected chi connectivity index (χ0v) is 19.8. The van der Waals surface area contributed by atoms with E-state index in [1.165, 1.54) is 18.2 Å². The van der Waals surface area contributed by atoms with E-state index in [0.29, 0.717) is 24.5 Å². The number of benzene rings is 3. The summed E-state index contributed by atoms with van der Waals surface area (Å²) in [6.07, 6.45) is 0.679. The van der Waals surface area contributed by atoms with Gasteiger partial charge in [-0.05, 0) is 67.4 Å². The number of rotatable bonds is 11. The van der Waals surface area contributed by atoms with Gasteiger partial charge < -0.3 is 14.6 Å². The lowest BCUT2D eigenvalue weighted by atomic mass is 10.1. The number of carbonyl (C=O) groups is 1. The fourth-order valence-electron chi connectivity index (χ4n) is 3.29. The number of ether oxygens (including phenoxy) is 2. The van der Waals surface area contributed by atoms with E-state index >= 15 is 0 Å². The number of fused-ring (bicyclic) bond motifs is 1. The number of nitrogens with zero attached hydrogens (tertiary/aromatic N) is 1. The van der Waals surface area contributed by atoms with Crippen LogP contribution in [0, 0.1) is 0 Å². The second-order valence-electron chi connectivity index (χ2n) is 8.15. The normalized spacial score (nSPS) is 12.1. The predicted molar refractivity (Wildman–Crippen MR) is 127 cm³/mol. The second kappa shape index (κ2) is 10.2. The summed E-state index contributed by atoms with van der Waals surface area (Å²) in [4.78, 5) is 11.5. The van der Waals surface area contributed by atoms with E-state index in [9.17, 15) is 13.2 Å². The molecule has 0 bridgehead atoms. The Morgan fingerprint density at radius 1 is 0.939 bits per heavy atom. The van der Waals surface area contributed by atoms with E-state index in [1.54, 1.807) is 36.4 Å². The van der Waals surface area contributed by atoms with Crippen molar-refractivity contribution in [3.8, 4) is 11.5 Å². The van der Waals surface area contributed by atoms with Gasteiger partial charge in [0.2, 0.25) is 10.0 Å². The Labute approximate surface area is 194 Å². The lowest BCUT2D eigenvalue weighted by Gasteiger charge is -2.22. The van der Waals surface area contributed by atoms with Crippen LogP contribution in [0.4, 0.5) is 0 Å². The Balaban J connectivity index is 1.65. The summed E-state index contributed by atoms with van der Waals surface area (Å²) in [5.74, 6) is -0.122. The number of sulfonamides is 1. The molecule has 3 aromatic carbocycles. The van der Waals surface area contributed by atoms with E-state index in [1.807, 2.05) is 37.3 Å². The standard InChI is InChI=1S/C25H29NO6S/c1-4-15-26(33(29,30)23-14-9-19-7-5-6-8-20(19)18-23)16-17-31-21-10-12-22(13-11-21)32-25(2,3)24(27)28/h5-14,18H,4,15-17H2,1-3H3,(H,27,28). The highest BCUT2D eigenvalue weighted by molar-refractivity contribution is 7.89. The Morgan fingerprint density at radius 2 is 1.58 bits per heavy atom. The Morgan fingerprint density at radius 3 is 2.21 bits per heavy atom. The lowest BCUT2D eigenvalue weighted by Crippen LogP contribution is -2.37. The molecule has 1 N–H and O–H groups in total. The van der Waals surface area contributed by atoms with Crippen molar-refractivity contribution in [2.24, 2.45) is 0 Å². The summed E-state index contributed by atoms with van der Waals surface area (Å²) in [7, 11) is -3.67. The average molecular weight is 472 g/mol. The summed E-state index contributed by atoms with van der Waals surface area (Å²) in [5.41, 5.74) is -1.35. The molecule has 0 amide bonds. The maximum Gasteiger partial charge on any atom is 0.347 e. The van der Waals surface area contributed by atoms with Gasteiger partial charge in [0.15, 0.2) is 5.60 Å². The van der Waals surface area contributed by atoms with Crippen LogP contribution in [-0.4, -0.2) is 49.1 Å². The van der Waals surface area contributed by atoms with Gasteiger partial charge in [-0.3, -0.25) is 0 Å². The number of aliphatic carboxylic acids is 1. The van der Waals surface area contributed by atoms with E-state index < -0.39 is 21.6 Å². The highest BCUT2D eigenvalue weighted by Crippen LogP contribution is 2.24. The van der Waals surface area contributed by atoms with Crippen molar-refractivity contribution >= 4 is 26.8 Å². The van der Waals surface area contributed by atoms with E-state index in [0.717, 1.165) is 10.8 Å². The maximum absolute atomic E-state index is 13.2. The Bertz CT molecular complexity index is 1210. The van der Waals surface area contributed by atoms with E-state index in [4.69, 9.17) is 14.6 Å². The number of hydrogen-bond donors (Lipinski definition) is 1. The first-order valence-corrected chi connectivity index (χ1v) is 12.2. The molecule has 0 aromatic heterocycles. The molecule has 3 aromatic rings. The fraction of sp³-hybridized carbons (Fsp3) is 0.320. The van der Waals surface area contributed by atoms with Crippen molar-refractivity contribution in [1.82, 2.24) is 4.31 Å². The Kier molecular flexibility index (Phi) is 7.61. The van der Waals surface area contributed by atoms with Crippen molar-refractivity contribution < 1.29 is 27.8 Å². The van der Waals surface area contributed by atoms with Crippen LogP contribution in [0.15, 0.2) is 71.6 Å². The van der Waals surface area contributed by atoms with Gasteiger partial charge in [0.25, 0.3) is 0 Å². The van der Waals surface area contributed by atoms with Crippen LogP contribution in [0.5, 0.6) is 11.5 Å². The van der Waals surface area contributed by atoms with Crippen LogP contribution in [-0.2, 0) is 14.8 Å². The number of hydrogen-bond acceptors (Lipinski definition) is 5. The van der Waals surface area contributed by atoms with E-state index in [-0.39, 0.29) is 18.0 Å². The highest BCUT2D eigenvalue weighted by atomic mass is 32.2. The number of carboxylic acids is 1. The van der Waals surface area contributed by atoms with Gasteiger partial charge >= 0.3 is 5.97 Å². The van der Waals surface area contributed by atoms with Gasteiger partial charge in [-0.1, -0.05) is 37.3 Å². The molecule has 8 heteroatoms. The van der Waals surface area contributed by atoms with Crippen LogP contribution in [0.2, 0.25) is 0 Å². The first kappa shape index (κ1) is 24.5. The van der Waals surface area contributed by atoms with Crippen LogP contribution in [0.3, 0.4) is 0 Å². The summed E-state index contributed by atoms with van der Waals surface area (Å²) < 4.78 is 39.1.